The molecule has 0 atom stereocenters. The molecule has 3 rings (SSSR count). The molecule has 0 unspecified atom stereocenters. The average Bonchev–Trinajstić information content (AvgIpc) is 2.75. The predicted octanol–water partition coefficient (Wildman–Crippen LogP) is 4.79. The van der Waals surface area contributed by atoms with E-state index >= 15 is 0 Å². The van der Waals surface area contributed by atoms with Crippen molar-refractivity contribution in [1.82, 2.24) is 10.2 Å². The van der Waals surface area contributed by atoms with Gasteiger partial charge in [0.05, 0.1) is 5.56 Å². The van der Waals surface area contributed by atoms with E-state index in [1.165, 1.54) is 12.1 Å². The number of piperidine rings is 1. The number of unbranched alkanes of at least 4 members (excludes halogenated alkanes) is 1. The predicted molar refractivity (Wildman–Crippen MR) is 113 cm³/mol. The van der Waals surface area contributed by atoms with Crippen LogP contribution in [0.4, 0.5) is 18.9 Å². The van der Waals surface area contributed by atoms with Crippen LogP contribution in [-0.2, 0) is 6.18 Å². The summed E-state index contributed by atoms with van der Waals surface area (Å²) in [6.45, 7) is 3.47. The van der Waals surface area contributed by atoms with E-state index in [0.717, 1.165) is 51.4 Å². The molecule has 30 heavy (non-hydrogen) atoms. The molecule has 1 amide bonds. The SMILES string of the molecule is O=C(NCCCCN1CCC(Nc2cccc(C(F)(F)F)c2)CC1)c1ccccc1. The van der Waals surface area contributed by atoms with Gasteiger partial charge in [0.2, 0.25) is 0 Å². The van der Waals surface area contributed by atoms with Crippen LogP contribution < -0.4 is 10.6 Å². The van der Waals surface area contributed by atoms with Crippen molar-refractivity contribution in [1.29, 1.82) is 0 Å². The lowest BCUT2D eigenvalue weighted by molar-refractivity contribution is -0.137. The first kappa shape index (κ1) is 22.2. The van der Waals surface area contributed by atoms with Gasteiger partial charge >= 0.3 is 6.18 Å². The van der Waals surface area contributed by atoms with Gasteiger partial charge in [0.1, 0.15) is 0 Å². The van der Waals surface area contributed by atoms with Crippen LogP contribution in [0.25, 0.3) is 0 Å². The Hall–Kier alpha value is -2.54. The van der Waals surface area contributed by atoms with E-state index in [9.17, 15) is 18.0 Å². The number of nitrogens with zero attached hydrogens (tertiary/aromatic N) is 1. The van der Waals surface area contributed by atoms with Gasteiger partial charge in [-0.2, -0.15) is 13.2 Å². The summed E-state index contributed by atoms with van der Waals surface area (Å²) in [5.41, 5.74) is 0.578. The fourth-order valence-corrected chi connectivity index (χ4v) is 3.68. The van der Waals surface area contributed by atoms with Crippen molar-refractivity contribution in [2.75, 3.05) is 31.5 Å². The Morgan fingerprint density at radius 3 is 2.43 bits per heavy atom. The topological polar surface area (TPSA) is 44.4 Å². The van der Waals surface area contributed by atoms with Gasteiger partial charge < -0.3 is 15.5 Å². The molecule has 0 radical (unpaired) electrons. The first-order chi connectivity index (χ1) is 14.4. The number of anilines is 1. The smallest absolute Gasteiger partial charge is 0.382 e. The summed E-state index contributed by atoms with van der Waals surface area (Å²) in [6, 6.07) is 14.8. The molecule has 0 spiro atoms. The molecule has 1 aliphatic heterocycles. The van der Waals surface area contributed by atoms with Gasteiger partial charge in [0.15, 0.2) is 0 Å². The van der Waals surface area contributed by atoms with E-state index in [0.29, 0.717) is 17.8 Å². The Balaban J connectivity index is 1.31. The molecule has 0 saturated carbocycles. The molecule has 2 aromatic carbocycles. The summed E-state index contributed by atoms with van der Waals surface area (Å²) in [6.07, 6.45) is -0.592. The molecule has 2 aromatic rings. The Morgan fingerprint density at radius 1 is 1.00 bits per heavy atom. The summed E-state index contributed by atoms with van der Waals surface area (Å²) in [7, 11) is 0. The second-order valence-electron chi connectivity index (χ2n) is 7.67. The molecule has 4 nitrogen and oxygen atoms in total. The number of likely N-dealkylation sites (tertiary alicyclic amines) is 1. The number of nitrogens with one attached hydrogen (secondary N) is 2. The van der Waals surface area contributed by atoms with Crippen LogP contribution in [-0.4, -0.2) is 43.0 Å². The normalized spacial score (nSPS) is 15.7. The molecular weight excluding hydrogens is 391 g/mol. The number of rotatable bonds is 8. The molecule has 0 aromatic heterocycles. The van der Waals surface area contributed by atoms with Crippen LogP contribution in [0, 0.1) is 0 Å². The molecule has 2 N–H and O–H groups in total. The first-order valence-corrected chi connectivity index (χ1v) is 10.4. The number of carbonyl (C=O) groups excluding carboxylic acids is 1. The molecular formula is C23H28F3N3O. The Morgan fingerprint density at radius 2 is 1.73 bits per heavy atom. The van der Waals surface area contributed by atoms with Crippen molar-refractivity contribution in [2.24, 2.45) is 0 Å². The van der Waals surface area contributed by atoms with Gasteiger partial charge in [-0.15, -0.1) is 0 Å². The van der Waals surface area contributed by atoms with Crippen molar-refractivity contribution < 1.29 is 18.0 Å². The van der Waals surface area contributed by atoms with Crippen molar-refractivity contribution in [2.45, 2.75) is 37.9 Å². The van der Waals surface area contributed by atoms with Crippen molar-refractivity contribution in [3.05, 3.63) is 65.7 Å². The molecule has 7 heteroatoms. The zero-order chi connectivity index (χ0) is 21.4. The zero-order valence-electron chi connectivity index (χ0n) is 16.9. The van der Waals surface area contributed by atoms with Gasteiger partial charge in [-0.3, -0.25) is 4.79 Å². The maximum absolute atomic E-state index is 12.8. The number of hydrogen-bond acceptors (Lipinski definition) is 3. The van der Waals surface area contributed by atoms with Crippen LogP contribution >= 0.6 is 0 Å². The summed E-state index contributed by atoms with van der Waals surface area (Å²) in [5.74, 6) is -0.0444. The molecule has 1 heterocycles. The van der Waals surface area contributed by atoms with Crippen molar-refractivity contribution in [3.8, 4) is 0 Å². The molecule has 1 fully saturated rings. The fraction of sp³-hybridized carbons (Fsp3) is 0.435. The second kappa shape index (κ2) is 10.5. The molecule has 1 saturated heterocycles. The van der Waals surface area contributed by atoms with Crippen LogP contribution in [0.1, 0.15) is 41.6 Å². The number of amides is 1. The molecule has 162 valence electrons. The third-order valence-electron chi connectivity index (χ3n) is 5.37. The summed E-state index contributed by atoms with van der Waals surface area (Å²) < 4.78 is 38.5. The van der Waals surface area contributed by atoms with Crippen LogP contribution in [0.3, 0.4) is 0 Å². The highest BCUT2D eigenvalue weighted by atomic mass is 19.4. The Bertz CT molecular complexity index is 803. The largest absolute Gasteiger partial charge is 0.416 e. The highest BCUT2D eigenvalue weighted by Gasteiger charge is 2.30. The van der Waals surface area contributed by atoms with Gasteiger partial charge in [-0.25, -0.2) is 0 Å². The maximum atomic E-state index is 12.8. The summed E-state index contributed by atoms with van der Waals surface area (Å²) >= 11 is 0. The maximum Gasteiger partial charge on any atom is 0.416 e. The number of hydrogen-bond donors (Lipinski definition) is 2. The summed E-state index contributed by atoms with van der Waals surface area (Å²) in [5, 5.41) is 6.18. The number of carbonyl (C=O) groups is 1. The van der Waals surface area contributed by atoms with E-state index in [1.807, 2.05) is 18.2 Å². The van der Waals surface area contributed by atoms with E-state index in [-0.39, 0.29) is 11.9 Å². The number of alkyl halides is 3. The van der Waals surface area contributed by atoms with E-state index < -0.39 is 11.7 Å². The minimum Gasteiger partial charge on any atom is -0.382 e. The van der Waals surface area contributed by atoms with E-state index in [1.54, 1.807) is 18.2 Å². The Labute approximate surface area is 175 Å². The van der Waals surface area contributed by atoms with E-state index in [4.69, 9.17) is 0 Å². The van der Waals surface area contributed by atoms with Crippen molar-refractivity contribution in [3.63, 3.8) is 0 Å². The van der Waals surface area contributed by atoms with Gasteiger partial charge in [-0.1, -0.05) is 24.3 Å². The highest BCUT2D eigenvalue weighted by Crippen LogP contribution is 2.31. The van der Waals surface area contributed by atoms with Gasteiger partial charge in [-0.05, 0) is 62.6 Å². The third kappa shape index (κ3) is 6.76. The van der Waals surface area contributed by atoms with Crippen LogP contribution in [0.15, 0.2) is 54.6 Å². The first-order valence-electron chi connectivity index (χ1n) is 10.4. The number of halogens is 3. The molecule has 1 aliphatic rings. The highest BCUT2D eigenvalue weighted by molar-refractivity contribution is 5.94. The Kier molecular flexibility index (Phi) is 7.74. The monoisotopic (exact) mass is 419 g/mol. The lowest BCUT2D eigenvalue weighted by Crippen LogP contribution is -2.39. The minimum atomic E-state index is -4.32. The summed E-state index contributed by atoms with van der Waals surface area (Å²) in [4.78, 5) is 14.4. The molecule has 0 aliphatic carbocycles. The molecule has 0 bridgehead atoms. The van der Waals surface area contributed by atoms with Gasteiger partial charge in [0.25, 0.3) is 5.91 Å². The quantitative estimate of drug-likeness (QED) is 0.605. The lowest BCUT2D eigenvalue weighted by Gasteiger charge is -2.33. The van der Waals surface area contributed by atoms with Crippen molar-refractivity contribution >= 4 is 11.6 Å². The van der Waals surface area contributed by atoms with Gasteiger partial charge in [0, 0.05) is 36.9 Å². The standard InChI is InChI=1S/C23H28F3N3O/c24-23(25,26)19-9-6-10-21(17-19)28-20-11-15-29(16-12-20)14-5-4-13-27-22(30)18-7-2-1-3-8-18/h1-3,6-10,17,20,28H,4-5,11-16H2,(H,27,30). The zero-order valence-corrected chi connectivity index (χ0v) is 16.9. The lowest BCUT2D eigenvalue weighted by atomic mass is 10.0. The van der Waals surface area contributed by atoms with Crippen LogP contribution in [0.2, 0.25) is 0 Å². The average molecular weight is 419 g/mol. The third-order valence-corrected chi connectivity index (χ3v) is 5.37. The van der Waals surface area contributed by atoms with Crippen LogP contribution in [0.5, 0.6) is 0 Å². The number of benzene rings is 2. The van der Waals surface area contributed by atoms with E-state index in [2.05, 4.69) is 15.5 Å². The fourth-order valence-electron chi connectivity index (χ4n) is 3.68. The second-order valence-corrected chi connectivity index (χ2v) is 7.67. The minimum absolute atomic E-state index is 0.0444.